The van der Waals surface area contributed by atoms with Crippen molar-refractivity contribution >= 4 is 0 Å². The topological polar surface area (TPSA) is 65.7 Å². The molecule has 1 atom stereocenters. The van der Waals surface area contributed by atoms with E-state index in [4.69, 9.17) is 19.9 Å². The van der Waals surface area contributed by atoms with Crippen LogP contribution in [-0.4, -0.2) is 34.4 Å². The molecular weight excluding hydrogens is 256 g/mol. The summed E-state index contributed by atoms with van der Waals surface area (Å²) in [5, 5.41) is 3.35. The Kier molecular flexibility index (Phi) is 6.35. The lowest BCUT2D eigenvalue weighted by molar-refractivity contribution is 0.319. The summed E-state index contributed by atoms with van der Waals surface area (Å²) in [5.74, 6) is 1.84. The molecule has 0 spiro atoms. The third-order valence-electron chi connectivity index (χ3n) is 3.00. The highest BCUT2D eigenvalue weighted by atomic mass is 16.5. The predicted octanol–water partition coefficient (Wildman–Crippen LogP) is 1.88. The van der Waals surface area contributed by atoms with E-state index < -0.39 is 0 Å². The zero-order valence-corrected chi connectivity index (χ0v) is 12.7. The average Bonchev–Trinajstić information content (AvgIpc) is 2.46. The molecule has 0 amide bonds. The van der Waals surface area contributed by atoms with Gasteiger partial charge in [0.05, 0.1) is 21.3 Å². The Morgan fingerprint density at radius 3 is 2.30 bits per heavy atom. The Balaban J connectivity index is 3.17. The quantitative estimate of drug-likeness (QED) is 0.712. The van der Waals surface area contributed by atoms with Crippen molar-refractivity contribution in [1.82, 2.24) is 5.32 Å². The van der Waals surface area contributed by atoms with Gasteiger partial charge in [-0.3, -0.25) is 0 Å². The number of nitrogens with two attached hydrogens (primary N) is 1. The van der Waals surface area contributed by atoms with Crippen LogP contribution in [0.1, 0.15) is 18.5 Å². The second-order valence-electron chi connectivity index (χ2n) is 4.55. The second kappa shape index (κ2) is 7.77. The van der Waals surface area contributed by atoms with Crippen LogP contribution in [0.5, 0.6) is 17.2 Å². The standard InChI is InChI=1S/C15H24N2O3/c1-10(2)9-17-12(8-16)11-6-7-13(18-3)15(20-5)14(11)19-4/h6-7,12,17H,1,8-9,16H2,2-5H3. The summed E-state index contributed by atoms with van der Waals surface area (Å²) in [6.07, 6.45) is 0. The lowest BCUT2D eigenvalue weighted by Gasteiger charge is -2.22. The molecule has 0 aliphatic rings. The van der Waals surface area contributed by atoms with E-state index in [-0.39, 0.29) is 6.04 Å². The minimum atomic E-state index is -0.0403. The van der Waals surface area contributed by atoms with Crippen LogP contribution in [0.3, 0.4) is 0 Å². The smallest absolute Gasteiger partial charge is 0.203 e. The summed E-state index contributed by atoms with van der Waals surface area (Å²) in [4.78, 5) is 0. The van der Waals surface area contributed by atoms with E-state index in [1.807, 2.05) is 19.1 Å². The van der Waals surface area contributed by atoms with Crippen LogP contribution in [0.25, 0.3) is 0 Å². The first-order chi connectivity index (χ1) is 9.58. The summed E-state index contributed by atoms with van der Waals surface area (Å²) in [6.45, 7) is 6.98. The first kappa shape index (κ1) is 16.3. The summed E-state index contributed by atoms with van der Waals surface area (Å²) in [7, 11) is 4.78. The van der Waals surface area contributed by atoms with Crippen molar-refractivity contribution in [3.8, 4) is 17.2 Å². The molecule has 1 aromatic rings. The van der Waals surface area contributed by atoms with E-state index >= 15 is 0 Å². The maximum absolute atomic E-state index is 5.86. The van der Waals surface area contributed by atoms with Crippen LogP contribution in [-0.2, 0) is 0 Å². The maximum Gasteiger partial charge on any atom is 0.203 e. The molecule has 0 aliphatic carbocycles. The van der Waals surface area contributed by atoms with Crippen LogP contribution in [0, 0.1) is 0 Å². The molecule has 1 aromatic carbocycles. The summed E-state index contributed by atoms with van der Waals surface area (Å²) in [6, 6.07) is 3.74. The molecule has 0 bridgehead atoms. The Morgan fingerprint density at radius 2 is 1.85 bits per heavy atom. The van der Waals surface area contributed by atoms with Gasteiger partial charge in [0.15, 0.2) is 11.5 Å². The molecule has 5 heteroatoms. The Bertz CT molecular complexity index is 461. The van der Waals surface area contributed by atoms with Gasteiger partial charge in [-0.2, -0.15) is 0 Å². The molecule has 5 nitrogen and oxygen atoms in total. The number of methoxy groups -OCH3 is 3. The van der Waals surface area contributed by atoms with Gasteiger partial charge in [0.1, 0.15) is 0 Å². The van der Waals surface area contributed by atoms with Crippen molar-refractivity contribution in [3.05, 3.63) is 29.8 Å². The minimum Gasteiger partial charge on any atom is -0.493 e. The number of hydrogen-bond donors (Lipinski definition) is 2. The lowest BCUT2D eigenvalue weighted by Crippen LogP contribution is -2.29. The van der Waals surface area contributed by atoms with Gasteiger partial charge in [-0.1, -0.05) is 12.2 Å². The summed E-state index contributed by atoms with van der Waals surface area (Å²) in [5.41, 5.74) is 7.84. The molecule has 0 saturated heterocycles. The van der Waals surface area contributed by atoms with Crippen LogP contribution < -0.4 is 25.3 Å². The molecule has 1 unspecified atom stereocenters. The number of ether oxygens (including phenoxy) is 3. The fourth-order valence-electron chi connectivity index (χ4n) is 2.02. The fraction of sp³-hybridized carbons (Fsp3) is 0.467. The van der Waals surface area contributed by atoms with E-state index in [1.54, 1.807) is 21.3 Å². The van der Waals surface area contributed by atoms with Crippen molar-refractivity contribution in [2.45, 2.75) is 13.0 Å². The van der Waals surface area contributed by atoms with Gasteiger partial charge in [-0.05, 0) is 19.1 Å². The maximum atomic E-state index is 5.86. The fourth-order valence-corrected chi connectivity index (χ4v) is 2.02. The molecule has 0 aromatic heterocycles. The van der Waals surface area contributed by atoms with Crippen molar-refractivity contribution in [2.75, 3.05) is 34.4 Å². The Labute approximate surface area is 120 Å². The summed E-state index contributed by atoms with van der Waals surface area (Å²) < 4.78 is 16.1. The number of benzene rings is 1. The van der Waals surface area contributed by atoms with E-state index in [0.29, 0.717) is 30.3 Å². The van der Waals surface area contributed by atoms with Crippen LogP contribution in [0.15, 0.2) is 24.3 Å². The average molecular weight is 280 g/mol. The molecule has 0 aliphatic heterocycles. The molecule has 1 rings (SSSR count). The van der Waals surface area contributed by atoms with Crippen LogP contribution >= 0.6 is 0 Å². The number of nitrogens with one attached hydrogen (secondary N) is 1. The molecule has 0 saturated carbocycles. The van der Waals surface area contributed by atoms with Gasteiger partial charge in [-0.15, -0.1) is 0 Å². The molecular formula is C15H24N2O3. The van der Waals surface area contributed by atoms with E-state index in [0.717, 1.165) is 11.1 Å². The summed E-state index contributed by atoms with van der Waals surface area (Å²) >= 11 is 0. The molecule has 112 valence electrons. The van der Waals surface area contributed by atoms with E-state index in [9.17, 15) is 0 Å². The van der Waals surface area contributed by atoms with Gasteiger partial charge in [0, 0.05) is 24.7 Å². The molecule has 0 fully saturated rings. The van der Waals surface area contributed by atoms with Crippen molar-refractivity contribution in [2.24, 2.45) is 5.73 Å². The second-order valence-corrected chi connectivity index (χ2v) is 4.55. The highest BCUT2D eigenvalue weighted by molar-refractivity contribution is 5.56. The van der Waals surface area contributed by atoms with Crippen LogP contribution in [0.4, 0.5) is 0 Å². The molecule has 0 radical (unpaired) electrons. The van der Waals surface area contributed by atoms with Gasteiger partial charge in [-0.25, -0.2) is 0 Å². The molecule has 20 heavy (non-hydrogen) atoms. The minimum absolute atomic E-state index is 0.0403. The predicted molar refractivity (Wildman–Crippen MR) is 80.7 cm³/mol. The van der Waals surface area contributed by atoms with Crippen molar-refractivity contribution in [3.63, 3.8) is 0 Å². The number of hydrogen-bond acceptors (Lipinski definition) is 5. The molecule has 3 N–H and O–H groups in total. The monoisotopic (exact) mass is 280 g/mol. The van der Waals surface area contributed by atoms with Gasteiger partial charge in [0.25, 0.3) is 0 Å². The van der Waals surface area contributed by atoms with Crippen molar-refractivity contribution < 1.29 is 14.2 Å². The third kappa shape index (κ3) is 3.65. The highest BCUT2D eigenvalue weighted by Crippen LogP contribution is 2.41. The van der Waals surface area contributed by atoms with E-state index in [2.05, 4.69) is 11.9 Å². The molecule has 0 heterocycles. The Morgan fingerprint density at radius 1 is 1.20 bits per heavy atom. The third-order valence-corrected chi connectivity index (χ3v) is 3.00. The SMILES string of the molecule is C=C(C)CNC(CN)c1ccc(OC)c(OC)c1OC. The first-order valence-corrected chi connectivity index (χ1v) is 6.45. The van der Waals surface area contributed by atoms with Crippen molar-refractivity contribution in [1.29, 1.82) is 0 Å². The number of rotatable bonds is 8. The highest BCUT2D eigenvalue weighted by Gasteiger charge is 2.21. The zero-order valence-electron chi connectivity index (χ0n) is 12.7. The van der Waals surface area contributed by atoms with Gasteiger partial charge >= 0.3 is 0 Å². The van der Waals surface area contributed by atoms with E-state index in [1.165, 1.54) is 0 Å². The zero-order chi connectivity index (χ0) is 15.1. The van der Waals surface area contributed by atoms with Crippen LogP contribution in [0.2, 0.25) is 0 Å². The van der Waals surface area contributed by atoms with Gasteiger partial charge < -0.3 is 25.3 Å². The first-order valence-electron chi connectivity index (χ1n) is 6.45. The lowest BCUT2D eigenvalue weighted by atomic mass is 10.0. The van der Waals surface area contributed by atoms with Gasteiger partial charge in [0.2, 0.25) is 5.75 Å². The largest absolute Gasteiger partial charge is 0.493 e. The Hall–Kier alpha value is -1.72. The normalized spacial score (nSPS) is 11.8.